The van der Waals surface area contributed by atoms with Crippen LogP contribution in [0.5, 0.6) is 0 Å². The smallest absolute Gasteiger partial charge is 0.180 e. The fraction of sp³-hybridized carbons (Fsp3) is 0.158. The number of Topliss-reactive ketones (excluding diaryl/α,β-unsaturated/α-hetero) is 1. The largest absolute Gasteiger partial charge is 0.340 e. The van der Waals surface area contributed by atoms with E-state index in [1.54, 1.807) is 17.8 Å². The number of carbonyl (C=O) groups is 1. The SMILES string of the molecule is C[C@H](C(=O)[C@@H](C#N)c1nc2ccccc2[nH]1)n1cnc2ccccc21. The first kappa shape index (κ1) is 15.1. The lowest BCUT2D eigenvalue weighted by Crippen LogP contribution is -2.22. The third kappa shape index (κ3) is 2.46. The standard InChI is InChI=1S/C19H15N5O/c1-12(24-11-21-16-8-4-5-9-17(16)24)18(25)13(10-20)19-22-14-6-2-3-7-15(14)23-19/h2-9,11-13H,1H3,(H,22,23)/t12-,13-/m1/s1. The molecule has 0 saturated heterocycles. The molecule has 1 N–H and O–H groups in total. The number of nitrogens with zero attached hydrogens (tertiary/aromatic N) is 4. The van der Waals surface area contributed by atoms with E-state index in [1.165, 1.54) is 0 Å². The van der Waals surface area contributed by atoms with Crippen LogP contribution in [0.1, 0.15) is 24.7 Å². The molecule has 0 bridgehead atoms. The summed E-state index contributed by atoms with van der Waals surface area (Å²) in [6.45, 7) is 1.78. The summed E-state index contributed by atoms with van der Waals surface area (Å²) in [5.74, 6) is -0.793. The van der Waals surface area contributed by atoms with Gasteiger partial charge in [-0.3, -0.25) is 4.79 Å². The van der Waals surface area contributed by atoms with Gasteiger partial charge in [-0.2, -0.15) is 5.26 Å². The van der Waals surface area contributed by atoms with Crippen molar-refractivity contribution in [2.45, 2.75) is 18.9 Å². The second-order valence-corrected chi connectivity index (χ2v) is 5.92. The van der Waals surface area contributed by atoms with Gasteiger partial charge in [0.2, 0.25) is 0 Å². The summed E-state index contributed by atoms with van der Waals surface area (Å²) in [7, 11) is 0. The minimum absolute atomic E-state index is 0.218. The molecular formula is C19H15N5O. The van der Waals surface area contributed by atoms with Crippen LogP contribution in [-0.4, -0.2) is 25.3 Å². The first-order valence-electron chi connectivity index (χ1n) is 7.98. The second-order valence-electron chi connectivity index (χ2n) is 5.92. The Kier molecular flexibility index (Phi) is 3.55. The molecule has 6 nitrogen and oxygen atoms in total. The minimum atomic E-state index is -0.955. The Balaban J connectivity index is 1.71. The van der Waals surface area contributed by atoms with Crippen LogP contribution in [0.25, 0.3) is 22.1 Å². The van der Waals surface area contributed by atoms with Gasteiger partial charge in [-0.1, -0.05) is 24.3 Å². The average molecular weight is 329 g/mol. The second kappa shape index (κ2) is 5.87. The average Bonchev–Trinajstić information content (AvgIpc) is 3.25. The van der Waals surface area contributed by atoms with Crippen molar-refractivity contribution in [2.24, 2.45) is 0 Å². The molecule has 0 fully saturated rings. The molecule has 4 rings (SSSR count). The molecule has 0 radical (unpaired) electrons. The fourth-order valence-electron chi connectivity index (χ4n) is 3.03. The van der Waals surface area contributed by atoms with Crippen molar-refractivity contribution in [3.8, 4) is 6.07 Å². The lowest BCUT2D eigenvalue weighted by atomic mass is 9.99. The lowest BCUT2D eigenvalue weighted by Gasteiger charge is -2.15. The van der Waals surface area contributed by atoms with Gasteiger partial charge in [0.05, 0.1) is 40.5 Å². The number of imidazole rings is 2. The number of aromatic nitrogens is 4. The predicted octanol–water partition coefficient (Wildman–Crippen LogP) is 3.35. The first-order valence-corrected chi connectivity index (χ1v) is 7.98. The highest BCUT2D eigenvalue weighted by molar-refractivity contribution is 5.92. The molecule has 25 heavy (non-hydrogen) atoms. The number of hydrogen-bond donors (Lipinski definition) is 1. The maximum atomic E-state index is 13.0. The predicted molar refractivity (Wildman–Crippen MR) is 93.9 cm³/mol. The molecule has 2 aromatic carbocycles. The van der Waals surface area contributed by atoms with Crippen molar-refractivity contribution in [2.75, 3.05) is 0 Å². The highest BCUT2D eigenvalue weighted by Crippen LogP contribution is 2.25. The Morgan fingerprint density at radius 1 is 1.16 bits per heavy atom. The van der Waals surface area contributed by atoms with E-state index < -0.39 is 12.0 Å². The van der Waals surface area contributed by atoms with Crippen LogP contribution < -0.4 is 0 Å². The van der Waals surface area contributed by atoms with E-state index in [0.29, 0.717) is 5.82 Å². The van der Waals surface area contributed by atoms with E-state index in [4.69, 9.17) is 0 Å². The summed E-state index contributed by atoms with van der Waals surface area (Å²) in [5.41, 5.74) is 3.24. The van der Waals surface area contributed by atoms with Gasteiger partial charge < -0.3 is 9.55 Å². The Morgan fingerprint density at radius 3 is 2.64 bits per heavy atom. The topological polar surface area (TPSA) is 87.4 Å². The normalized spacial score (nSPS) is 13.6. The van der Waals surface area contributed by atoms with Gasteiger partial charge in [-0.15, -0.1) is 0 Å². The van der Waals surface area contributed by atoms with Crippen molar-refractivity contribution in [3.05, 3.63) is 60.7 Å². The van der Waals surface area contributed by atoms with Crippen molar-refractivity contribution in [3.63, 3.8) is 0 Å². The Morgan fingerprint density at radius 2 is 1.88 bits per heavy atom. The Hall–Kier alpha value is -3.46. The Labute approximate surface area is 143 Å². The molecule has 0 aliphatic carbocycles. The van der Waals surface area contributed by atoms with Crippen LogP contribution in [0.2, 0.25) is 0 Å². The molecule has 2 heterocycles. The summed E-state index contributed by atoms with van der Waals surface area (Å²) < 4.78 is 1.80. The van der Waals surface area contributed by atoms with Gasteiger partial charge in [-0.25, -0.2) is 9.97 Å². The summed E-state index contributed by atoms with van der Waals surface area (Å²) in [6.07, 6.45) is 1.64. The maximum absolute atomic E-state index is 13.0. The van der Waals surface area contributed by atoms with Gasteiger partial charge in [0.15, 0.2) is 11.7 Å². The molecule has 0 saturated carbocycles. The maximum Gasteiger partial charge on any atom is 0.180 e. The molecule has 0 aliphatic heterocycles. The third-order valence-electron chi connectivity index (χ3n) is 4.40. The number of para-hydroxylation sites is 4. The van der Waals surface area contributed by atoms with Crippen LogP contribution in [0.15, 0.2) is 54.9 Å². The number of ketones is 1. The van der Waals surface area contributed by atoms with E-state index in [2.05, 4.69) is 21.0 Å². The van der Waals surface area contributed by atoms with E-state index in [-0.39, 0.29) is 5.78 Å². The molecule has 0 spiro atoms. The molecule has 0 unspecified atom stereocenters. The van der Waals surface area contributed by atoms with Crippen LogP contribution >= 0.6 is 0 Å². The number of fused-ring (bicyclic) bond motifs is 2. The minimum Gasteiger partial charge on any atom is -0.340 e. The highest BCUT2D eigenvalue weighted by Gasteiger charge is 2.29. The third-order valence-corrected chi connectivity index (χ3v) is 4.40. The van der Waals surface area contributed by atoms with E-state index in [9.17, 15) is 10.1 Å². The summed E-state index contributed by atoms with van der Waals surface area (Å²) in [6, 6.07) is 16.7. The zero-order valence-corrected chi connectivity index (χ0v) is 13.5. The monoisotopic (exact) mass is 329 g/mol. The zero-order valence-electron chi connectivity index (χ0n) is 13.5. The molecule has 0 aliphatic rings. The highest BCUT2D eigenvalue weighted by atomic mass is 16.1. The van der Waals surface area contributed by atoms with Gasteiger partial charge in [0, 0.05) is 0 Å². The number of aromatic amines is 1. The van der Waals surface area contributed by atoms with Gasteiger partial charge in [0.25, 0.3) is 0 Å². The molecule has 0 amide bonds. The summed E-state index contributed by atoms with van der Waals surface area (Å²) in [4.78, 5) is 24.8. The number of nitriles is 1. The van der Waals surface area contributed by atoms with Crippen molar-refractivity contribution < 1.29 is 4.79 Å². The molecule has 2 atom stereocenters. The van der Waals surface area contributed by atoms with Crippen LogP contribution in [0.3, 0.4) is 0 Å². The first-order chi connectivity index (χ1) is 12.2. The van der Waals surface area contributed by atoms with Gasteiger partial charge >= 0.3 is 0 Å². The molecule has 122 valence electrons. The van der Waals surface area contributed by atoms with Crippen molar-refractivity contribution in [1.82, 2.24) is 19.5 Å². The fourth-order valence-corrected chi connectivity index (χ4v) is 3.03. The van der Waals surface area contributed by atoms with E-state index >= 15 is 0 Å². The molecular weight excluding hydrogens is 314 g/mol. The number of hydrogen-bond acceptors (Lipinski definition) is 4. The molecule has 4 aromatic rings. The van der Waals surface area contributed by atoms with Crippen molar-refractivity contribution in [1.29, 1.82) is 5.26 Å². The number of benzene rings is 2. The lowest BCUT2D eigenvalue weighted by molar-refractivity contribution is -0.122. The molecule has 6 heteroatoms. The quantitative estimate of drug-likeness (QED) is 0.622. The van der Waals surface area contributed by atoms with Crippen LogP contribution in [0, 0.1) is 11.3 Å². The Bertz CT molecular complexity index is 1080. The van der Waals surface area contributed by atoms with Gasteiger partial charge in [0.1, 0.15) is 5.82 Å². The van der Waals surface area contributed by atoms with Gasteiger partial charge in [-0.05, 0) is 31.2 Å². The van der Waals surface area contributed by atoms with Crippen LogP contribution in [0.4, 0.5) is 0 Å². The summed E-state index contributed by atoms with van der Waals surface area (Å²) in [5, 5.41) is 9.58. The van der Waals surface area contributed by atoms with Crippen LogP contribution in [-0.2, 0) is 4.79 Å². The van der Waals surface area contributed by atoms with E-state index in [0.717, 1.165) is 22.1 Å². The van der Waals surface area contributed by atoms with E-state index in [1.807, 2.05) is 48.5 Å². The number of carbonyl (C=O) groups excluding carboxylic acids is 1. The zero-order chi connectivity index (χ0) is 17.4. The number of H-pyrrole nitrogens is 1. The molecule has 2 aromatic heterocycles. The van der Waals surface area contributed by atoms with Crippen molar-refractivity contribution >= 4 is 27.9 Å². The number of nitrogens with one attached hydrogen (secondary N) is 1. The summed E-state index contributed by atoms with van der Waals surface area (Å²) >= 11 is 0. The number of rotatable bonds is 4.